The number of pyridine rings is 1. The number of carbonyl (C=O) groups excluding carboxylic acids is 1. The average Bonchev–Trinajstić information content (AvgIpc) is 2.71. The summed E-state index contributed by atoms with van der Waals surface area (Å²) >= 11 is 5.87. The third-order valence-electron chi connectivity index (χ3n) is 2.36. The van der Waals surface area contributed by atoms with Crippen molar-refractivity contribution in [1.29, 1.82) is 0 Å². The Bertz CT molecular complexity index is 395. The van der Waals surface area contributed by atoms with E-state index in [1.165, 1.54) is 6.20 Å². The number of carbonyl (C=O) groups is 1. The second kappa shape index (κ2) is 4.45. The summed E-state index contributed by atoms with van der Waals surface area (Å²) in [7, 11) is 0. The summed E-state index contributed by atoms with van der Waals surface area (Å²) < 4.78 is 0. The van der Waals surface area contributed by atoms with Gasteiger partial charge in [0.15, 0.2) is 0 Å². The van der Waals surface area contributed by atoms with Gasteiger partial charge in [-0.15, -0.1) is 0 Å². The highest BCUT2D eigenvalue weighted by Crippen LogP contribution is 2.15. The van der Waals surface area contributed by atoms with Gasteiger partial charge in [-0.05, 0) is 18.9 Å². The molecule has 1 heterocycles. The zero-order valence-corrected chi connectivity index (χ0v) is 8.87. The monoisotopic (exact) mass is 222 g/mol. The maximum absolute atomic E-state index is 11.8. The number of hydrogen-bond acceptors (Lipinski definition) is 2. The van der Waals surface area contributed by atoms with Crippen LogP contribution in [0.2, 0.25) is 5.02 Å². The molecule has 1 aromatic heterocycles. The Morgan fingerprint density at radius 3 is 2.87 bits per heavy atom. The molecule has 1 aromatic rings. The predicted molar refractivity (Wildman–Crippen MR) is 58.9 cm³/mol. The van der Waals surface area contributed by atoms with E-state index in [0.29, 0.717) is 10.6 Å². The third kappa shape index (κ3) is 2.36. The standard InChI is InChI=1S/C11H11ClN2O/c12-10-7-13-6-5-9(10)11(15)14-8-3-1-2-4-8/h1-2,5-8H,3-4H2,(H,14,15). The fourth-order valence-corrected chi connectivity index (χ4v) is 1.76. The first kappa shape index (κ1) is 10.2. The second-order valence-corrected chi connectivity index (χ2v) is 3.88. The molecular weight excluding hydrogens is 212 g/mol. The maximum atomic E-state index is 11.8. The highest BCUT2D eigenvalue weighted by atomic mass is 35.5. The summed E-state index contributed by atoms with van der Waals surface area (Å²) in [5.74, 6) is -0.129. The maximum Gasteiger partial charge on any atom is 0.253 e. The van der Waals surface area contributed by atoms with Gasteiger partial charge in [0.2, 0.25) is 0 Å². The summed E-state index contributed by atoms with van der Waals surface area (Å²) in [6.07, 6.45) is 8.97. The van der Waals surface area contributed by atoms with E-state index in [1.54, 1.807) is 12.3 Å². The molecule has 1 aliphatic rings. The van der Waals surface area contributed by atoms with Crippen molar-refractivity contribution < 1.29 is 4.79 Å². The normalized spacial score (nSPS) is 15.5. The molecule has 0 radical (unpaired) electrons. The first-order valence-corrected chi connectivity index (χ1v) is 5.20. The lowest BCUT2D eigenvalue weighted by Gasteiger charge is -2.12. The van der Waals surface area contributed by atoms with Gasteiger partial charge in [0, 0.05) is 18.4 Å². The van der Waals surface area contributed by atoms with Crippen LogP contribution in [0.15, 0.2) is 30.6 Å². The van der Waals surface area contributed by atoms with Crippen LogP contribution in [0.4, 0.5) is 0 Å². The van der Waals surface area contributed by atoms with Gasteiger partial charge in [0.25, 0.3) is 5.91 Å². The van der Waals surface area contributed by atoms with Gasteiger partial charge >= 0.3 is 0 Å². The van der Waals surface area contributed by atoms with Crippen molar-refractivity contribution >= 4 is 17.5 Å². The summed E-state index contributed by atoms with van der Waals surface area (Å²) in [6, 6.07) is 1.83. The highest BCUT2D eigenvalue weighted by Gasteiger charge is 2.16. The quantitative estimate of drug-likeness (QED) is 0.780. The average molecular weight is 223 g/mol. The van der Waals surface area contributed by atoms with Gasteiger partial charge in [-0.25, -0.2) is 0 Å². The molecule has 2 rings (SSSR count). The molecule has 0 unspecified atom stereocenters. The van der Waals surface area contributed by atoms with E-state index in [2.05, 4.69) is 22.5 Å². The van der Waals surface area contributed by atoms with Crippen LogP contribution in [0.1, 0.15) is 23.2 Å². The Morgan fingerprint density at radius 2 is 2.20 bits per heavy atom. The number of amides is 1. The minimum absolute atomic E-state index is 0.129. The smallest absolute Gasteiger partial charge is 0.253 e. The molecular formula is C11H11ClN2O. The summed E-state index contributed by atoms with van der Waals surface area (Å²) in [5, 5.41) is 3.31. The lowest BCUT2D eigenvalue weighted by atomic mass is 10.2. The van der Waals surface area contributed by atoms with Gasteiger partial charge in [-0.2, -0.15) is 0 Å². The molecule has 0 bridgehead atoms. The first-order valence-electron chi connectivity index (χ1n) is 4.83. The summed E-state index contributed by atoms with van der Waals surface area (Å²) in [4.78, 5) is 15.6. The molecule has 0 saturated carbocycles. The van der Waals surface area contributed by atoms with E-state index in [0.717, 1.165) is 12.8 Å². The zero-order valence-electron chi connectivity index (χ0n) is 8.11. The molecule has 4 heteroatoms. The van der Waals surface area contributed by atoms with Crippen LogP contribution < -0.4 is 5.32 Å². The van der Waals surface area contributed by atoms with Gasteiger partial charge < -0.3 is 5.32 Å². The number of nitrogens with zero attached hydrogens (tertiary/aromatic N) is 1. The van der Waals surface area contributed by atoms with Crippen molar-refractivity contribution in [2.45, 2.75) is 18.9 Å². The van der Waals surface area contributed by atoms with E-state index in [9.17, 15) is 4.79 Å². The van der Waals surface area contributed by atoms with Crippen molar-refractivity contribution in [3.8, 4) is 0 Å². The molecule has 1 aliphatic carbocycles. The van der Waals surface area contributed by atoms with Crippen LogP contribution >= 0.6 is 11.6 Å². The number of nitrogens with one attached hydrogen (secondary N) is 1. The summed E-state index contributed by atoms with van der Waals surface area (Å²) in [6.45, 7) is 0. The fourth-order valence-electron chi connectivity index (χ4n) is 1.56. The molecule has 0 spiro atoms. The summed E-state index contributed by atoms with van der Waals surface area (Å²) in [5.41, 5.74) is 0.485. The topological polar surface area (TPSA) is 42.0 Å². The Morgan fingerprint density at radius 1 is 1.47 bits per heavy atom. The first-order chi connectivity index (χ1) is 7.27. The minimum Gasteiger partial charge on any atom is -0.349 e. The number of aromatic nitrogens is 1. The molecule has 0 fully saturated rings. The van der Waals surface area contributed by atoms with Gasteiger partial charge in [0.1, 0.15) is 0 Å². The van der Waals surface area contributed by atoms with Crippen molar-refractivity contribution in [3.05, 3.63) is 41.2 Å². The van der Waals surface area contributed by atoms with E-state index >= 15 is 0 Å². The molecule has 0 atom stereocenters. The zero-order chi connectivity index (χ0) is 10.7. The van der Waals surface area contributed by atoms with Gasteiger partial charge in [-0.3, -0.25) is 9.78 Å². The van der Waals surface area contributed by atoms with E-state index < -0.39 is 0 Å². The molecule has 3 nitrogen and oxygen atoms in total. The Hall–Kier alpha value is -1.35. The lowest BCUT2D eigenvalue weighted by Crippen LogP contribution is -2.32. The Balaban J connectivity index is 2.05. The van der Waals surface area contributed by atoms with Gasteiger partial charge in [-0.1, -0.05) is 23.8 Å². The third-order valence-corrected chi connectivity index (χ3v) is 2.66. The molecule has 1 N–H and O–H groups in total. The van der Waals surface area contributed by atoms with E-state index in [4.69, 9.17) is 11.6 Å². The van der Waals surface area contributed by atoms with Crippen LogP contribution in [0.5, 0.6) is 0 Å². The van der Waals surface area contributed by atoms with Crippen LogP contribution in [0.25, 0.3) is 0 Å². The fraction of sp³-hybridized carbons (Fsp3) is 0.273. The van der Waals surface area contributed by atoms with Crippen molar-refractivity contribution in [2.75, 3.05) is 0 Å². The van der Waals surface area contributed by atoms with Crippen LogP contribution in [0.3, 0.4) is 0 Å². The SMILES string of the molecule is O=C(NC1CC=CC1)c1ccncc1Cl. The lowest BCUT2D eigenvalue weighted by molar-refractivity contribution is 0.0939. The minimum atomic E-state index is -0.129. The van der Waals surface area contributed by atoms with Crippen LogP contribution in [-0.4, -0.2) is 16.9 Å². The molecule has 0 aromatic carbocycles. The molecule has 15 heavy (non-hydrogen) atoms. The van der Waals surface area contributed by atoms with Crippen molar-refractivity contribution in [3.63, 3.8) is 0 Å². The Labute approximate surface area is 93.2 Å². The molecule has 1 amide bonds. The highest BCUT2D eigenvalue weighted by molar-refractivity contribution is 6.33. The van der Waals surface area contributed by atoms with Gasteiger partial charge in [0.05, 0.1) is 10.6 Å². The largest absolute Gasteiger partial charge is 0.349 e. The van der Waals surface area contributed by atoms with Crippen molar-refractivity contribution in [1.82, 2.24) is 10.3 Å². The second-order valence-electron chi connectivity index (χ2n) is 3.47. The van der Waals surface area contributed by atoms with E-state index in [1.807, 2.05) is 0 Å². The van der Waals surface area contributed by atoms with Crippen molar-refractivity contribution in [2.24, 2.45) is 0 Å². The molecule has 78 valence electrons. The molecule has 0 aliphatic heterocycles. The van der Waals surface area contributed by atoms with Crippen LogP contribution in [-0.2, 0) is 0 Å². The predicted octanol–water partition coefficient (Wildman–Crippen LogP) is 2.18. The number of hydrogen-bond donors (Lipinski definition) is 1. The number of halogens is 1. The van der Waals surface area contributed by atoms with E-state index in [-0.39, 0.29) is 11.9 Å². The number of rotatable bonds is 2. The Kier molecular flexibility index (Phi) is 3.02. The molecule has 0 saturated heterocycles. The van der Waals surface area contributed by atoms with Crippen LogP contribution in [0, 0.1) is 0 Å².